The third-order valence-electron chi connectivity index (χ3n) is 4.67. The number of piperidine rings is 1. The molecule has 1 fully saturated rings. The number of hydrogen-bond donors (Lipinski definition) is 0. The van der Waals surface area contributed by atoms with Crippen molar-refractivity contribution in [2.75, 3.05) is 13.1 Å². The van der Waals surface area contributed by atoms with Crippen molar-refractivity contribution in [1.29, 1.82) is 0 Å². The summed E-state index contributed by atoms with van der Waals surface area (Å²) >= 11 is 0. The molecule has 3 heterocycles. The molecule has 0 saturated carbocycles. The van der Waals surface area contributed by atoms with Gasteiger partial charge in [0.2, 0.25) is 11.7 Å². The lowest BCUT2D eigenvalue weighted by molar-refractivity contribution is -0.0281. The largest absolute Gasteiger partial charge is 0.444 e. The highest BCUT2D eigenvalue weighted by Crippen LogP contribution is 2.24. The molecule has 0 N–H and O–H groups in total. The molecule has 2 aromatic heterocycles. The van der Waals surface area contributed by atoms with Gasteiger partial charge in [-0.15, -0.1) is 0 Å². The predicted octanol–water partition coefficient (Wildman–Crippen LogP) is 3.70. The summed E-state index contributed by atoms with van der Waals surface area (Å²) in [5, 5.41) is 4.08. The van der Waals surface area contributed by atoms with Crippen molar-refractivity contribution in [3.8, 4) is 11.4 Å². The molecule has 0 aliphatic carbocycles. The van der Waals surface area contributed by atoms with Gasteiger partial charge in [-0.2, -0.15) is 4.98 Å². The maximum Gasteiger partial charge on any atom is 0.411 e. The van der Waals surface area contributed by atoms with Crippen molar-refractivity contribution in [2.45, 2.75) is 65.3 Å². The van der Waals surface area contributed by atoms with Crippen molar-refractivity contribution < 1.29 is 14.1 Å². The molecule has 0 aromatic carbocycles. The van der Waals surface area contributed by atoms with Crippen LogP contribution in [0.4, 0.5) is 4.79 Å². The summed E-state index contributed by atoms with van der Waals surface area (Å²) in [6.45, 7) is 9.68. The number of nitrogens with zero attached hydrogens (tertiary/aromatic N) is 5. The molecule has 1 aliphatic rings. The summed E-state index contributed by atoms with van der Waals surface area (Å²) in [4.78, 5) is 25.2. The predicted molar refractivity (Wildman–Crippen MR) is 104 cm³/mol. The minimum absolute atomic E-state index is 0.0372. The van der Waals surface area contributed by atoms with E-state index in [1.165, 1.54) is 0 Å². The Bertz CT molecular complexity index is 772. The molecule has 2 aromatic rings. The van der Waals surface area contributed by atoms with Crippen LogP contribution in [0.1, 0.15) is 52.8 Å². The molecule has 0 bridgehead atoms. The van der Waals surface area contributed by atoms with Crippen LogP contribution in [0.5, 0.6) is 0 Å². The highest BCUT2D eigenvalue weighted by Gasteiger charge is 2.34. The minimum atomic E-state index is -0.512. The third kappa shape index (κ3) is 5.07. The van der Waals surface area contributed by atoms with Gasteiger partial charge in [0.05, 0.1) is 12.7 Å². The Labute approximate surface area is 165 Å². The molecule has 3 rings (SSSR count). The number of carbonyl (C=O) groups is 1. The van der Waals surface area contributed by atoms with E-state index in [0.29, 0.717) is 24.8 Å². The van der Waals surface area contributed by atoms with Crippen molar-refractivity contribution in [3.63, 3.8) is 0 Å². The number of amides is 1. The van der Waals surface area contributed by atoms with Crippen LogP contribution >= 0.6 is 0 Å². The Kier molecular flexibility index (Phi) is 6.28. The van der Waals surface area contributed by atoms with Crippen molar-refractivity contribution in [3.05, 3.63) is 30.4 Å². The van der Waals surface area contributed by atoms with Gasteiger partial charge >= 0.3 is 6.09 Å². The highest BCUT2D eigenvalue weighted by molar-refractivity contribution is 5.68. The summed E-state index contributed by atoms with van der Waals surface area (Å²) in [5.74, 6) is 1.07. The lowest BCUT2D eigenvalue weighted by atomic mass is 10.1. The van der Waals surface area contributed by atoms with Crippen molar-refractivity contribution in [2.24, 2.45) is 0 Å². The van der Waals surface area contributed by atoms with Gasteiger partial charge in [-0.25, -0.2) is 4.79 Å². The average Bonchev–Trinajstić information content (AvgIpc) is 3.14. The van der Waals surface area contributed by atoms with E-state index in [4.69, 9.17) is 9.26 Å². The van der Waals surface area contributed by atoms with E-state index >= 15 is 0 Å². The summed E-state index contributed by atoms with van der Waals surface area (Å²) in [6, 6.07) is 3.69. The second-order valence-electron chi connectivity index (χ2n) is 7.96. The molecule has 1 unspecified atom stereocenters. The summed E-state index contributed by atoms with van der Waals surface area (Å²) in [7, 11) is 0. The first-order chi connectivity index (χ1) is 13.4. The van der Waals surface area contributed by atoms with Crippen molar-refractivity contribution in [1.82, 2.24) is 24.9 Å². The molecule has 1 atom stereocenters. The van der Waals surface area contributed by atoms with E-state index < -0.39 is 5.60 Å². The van der Waals surface area contributed by atoms with Gasteiger partial charge in [-0.05, 0) is 58.7 Å². The number of rotatable bonds is 5. The molecule has 152 valence electrons. The smallest absolute Gasteiger partial charge is 0.411 e. The monoisotopic (exact) mass is 387 g/mol. The number of hydrogen-bond acceptors (Lipinski definition) is 7. The molecule has 28 heavy (non-hydrogen) atoms. The molecular weight excluding hydrogens is 358 g/mol. The zero-order chi connectivity index (χ0) is 20.1. The Morgan fingerprint density at radius 3 is 2.75 bits per heavy atom. The van der Waals surface area contributed by atoms with Crippen LogP contribution in [0.2, 0.25) is 0 Å². The Hall–Kier alpha value is -2.48. The lowest BCUT2D eigenvalue weighted by Crippen LogP contribution is -2.54. The van der Waals surface area contributed by atoms with E-state index in [9.17, 15) is 4.79 Å². The lowest BCUT2D eigenvalue weighted by Gasteiger charge is -2.42. The molecule has 0 spiro atoms. The normalized spacial score (nSPS) is 17.8. The van der Waals surface area contributed by atoms with Crippen LogP contribution < -0.4 is 0 Å². The van der Waals surface area contributed by atoms with Gasteiger partial charge in [-0.3, -0.25) is 14.8 Å². The summed E-state index contributed by atoms with van der Waals surface area (Å²) in [6.07, 6.45) is 6.06. The number of pyridine rings is 1. The Balaban J connectivity index is 1.72. The van der Waals surface area contributed by atoms with Gasteiger partial charge in [0.15, 0.2) is 0 Å². The second kappa shape index (κ2) is 8.68. The van der Waals surface area contributed by atoms with E-state index in [0.717, 1.165) is 31.4 Å². The fourth-order valence-corrected chi connectivity index (χ4v) is 3.37. The standard InChI is InChI=1S/C20H29N5O3/c1-5-24(14-16-22-18(23-28-16)15-9-11-21-12-10-15)17-8-6-7-13-25(17)19(26)27-20(2,3)4/h9-12,17H,5-8,13-14H2,1-4H3. The number of aromatic nitrogens is 3. The topological polar surface area (TPSA) is 84.6 Å². The fraction of sp³-hybridized carbons (Fsp3) is 0.600. The Morgan fingerprint density at radius 2 is 2.07 bits per heavy atom. The van der Waals surface area contributed by atoms with Gasteiger partial charge in [0.1, 0.15) is 5.60 Å². The van der Waals surface area contributed by atoms with Crippen LogP contribution in [0.15, 0.2) is 29.0 Å². The quantitative estimate of drug-likeness (QED) is 0.773. The van der Waals surface area contributed by atoms with Crippen LogP contribution in [-0.2, 0) is 11.3 Å². The van der Waals surface area contributed by atoms with Gasteiger partial charge in [-0.1, -0.05) is 12.1 Å². The number of carbonyl (C=O) groups excluding carboxylic acids is 1. The second-order valence-corrected chi connectivity index (χ2v) is 7.96. The molecular formula is C20H29N5O3. The zero-order valence-electron chi connectivity index (χ0n) is 17.1. The van der Waals surface area contributed by atoms with Gasteiger partial charge in [0.25, 0.3) is 0 Å². The average molecular weight is 387 g/mol. The summed E-state index contributed by atoms with van der Waals surface area (Å²) in [5.41, 5.74) is 0.350. The van der Waals surface area contributed by atoms with Gasteiger partial charge in [0, 0.05) is 24.5 Å². The SMILES string of the molecule is CCN(Cc1nc(-c2ccncc2)no1)C1CCCCN1C(=O)OC(C)(C)C. The third-order valence-corrected chi connectivity index (χ3v) is 4.67. The van der Waals surface area contributed by atoms with Crippen LogP contribution in [-0.4, -0.2) is 55.9 Å². The summed E-state index contributed by atoms with van der Waals surface area (Å²) < 4.78 is 11.1. The molecule has 1 aliphatic heterocycles. The maximum atomic E-state index is 12.7. The molecule has 8 nitrogen and oxygen atoms in total. The minimum Gasteiger partial charge on any atom is -0.444 e. The maximum absolute atomic E-state index is 12.7. The van der Waals surface area contributed by atoms with E-state index in [1.54, 1.807) is 12.4 Å². The fourth-order valence-electron chi connectivity index (χ4n) is 3.37. The van der Waals surface area contributed by atoms with Gasteiger partial charge < -0.3 is 9.26 Å². The first-order valence-electron chi connectivity index (χ1n) is 9.84. The molecule has 8 heteroatoms. The zero-order valence-corrected chi connectivity index (χ0v) is 17.1. The van der Waals surface area contributed by atoms with E-state index in [-0.39, 0.29) is 12.3 Å². The van der Waals surface area contributed by atoms with Crippen molar-refractivity contribution >= 4 is 6.09 Å². The van der Waals surface area contributed by atoms with Crippen LogP contribution in [0, 0.1) is 0 Å². The molecule has 1 saturated heterocycles. The molecule has 0 radical (unpaired) electrons. The first-order valence-corrected chi connectivity index (χ1v) is 9.84. The molecule has 1 amide bonds. The van der Waals surface area contributed by atoms with Crippen LogP contribution in [0.3, 0.4) is 0 Å². The van der Waals surface area contributed by atoms with E-state index in [1.807, 2.05) is 37.8 Å². The highest BCUT2D eigenvalue weighted by atomic mass is 16.6. The first kappa shape index (κ1) is 20.3. The number of likely N-dealkylation sites (tertiary alicyclic amines) is 1. The number of ether oxygens (including phenoxy) is 1. The Morgan fingerprint density at radius 1 is 1.32 bits per heavy atom. The van der Waals surface area contributed by atoms with Crippen LogP contribution in [0.25, 0.3) is 11.4 Å². The van der Waals surface area contributed by atoms with E-state index in [2.05, 4.69) is 26.9 Å².